The molecule has 0 aliphatic rings. The van der Waals surface area contributed by atoms with Gasteiger partial charge in [-0.15, -0.1) is 11.3 Å². The molecule has 3 heteroatoms. The van der Waals surface area contributed by atoms with Crippen LogP contribution in [0, 0.1) is 6.92 Å². The summed E-state index contributed by atoms with van der Waals surface area (Å²) in [6.07, 6.45) is 3.50. The van der Waals surface area contributed by atoms with Crippen molar-refractivity contribution in [1.29, 1.82) is 0 Å². The van der Waals surface area contributed by atoms with Gasteiger partial charge in [0.2, 0.25) is 0 Å². The van der Waals surface area contributed by atoms with Crippen molar-refractivity contribution >= 4 is 17.0 Å². The minimum absolute atomic E-state index is 0.713. The predicted octanol–water partition coefficient (Wildman–Crippen LogP) is 2.70. The fraction of sp³-hybridized carbons (Fsp3) is 0.100. The van der Waals surface area contributed by atoms with Crippen LogP contribution in [0.2, 0.25) is 0 Å². The Labute approximate surface area is 81.1 Å². The number of nitrogen functional groups attached to an aromatic ring is 1. The zero-order chi connectivity index (χ0) is 9.26. The standard InChI is InChI=1S/C10H10N2S/c1-7-2-3-13-10(7)8-4-9(11)6-12-5-8/h2-6H,11H2,1H3. The maximum atomic E-state index is 5.66. The molecule has 2 rings (SSSR count). The number of nitrogens with two attached hydrogens (primary N) is 1. The number of thiophene rings is 1. The van der Waals surface area contributed by atoms with Gasteiger partial charge in [-0.05, 0) is 30.0 Å². The smallest absolute Gasteiger partial charge is 0.0507 e. The average molecular weight is 190 g/mol. The Hall–Kier alpha value is -1.35. The first-order valence-electron chi connectivity index (χ1n) is 4.02. The fourth-order valence-corrected chi connectivity index (χ4v) is 2.16. The highest BCUT2D eigenvalue weighted by Crippen LogP contribution is 2.28. The number of hydrogen-bond donors (Lipinski definition) is 1. The molecule has 0 atom stereocenters. The molecule has 0 amide bonds. The van der Waals surface area contributed by atoms with Crippen molar-refractivity contribution in [2.75, 3.05) is 5.73 Å². The monoisotopic (exact) mass is 190 g/mol. The highest BCUT2D eigenvalue weighted by atomic mass is 32.1. The molecule has 0 aliphatic heterocycles. The molecule has 0 radical (unpaired) electrons. The van der Waals surface area contributed by atoms with Crippen LogP contribution in [0.5, 0.6) is 0 Å². The van der Waals surface area contributed by atoms with Crippen molar-refractivity contribution in [3.05, 3.63) is 35.5 Å². The second kappa shape index (κ2) is 3.18. The largest absolute Gasteiger partial charge is 0.397 e. The number of rotatable bonds is 1. The zero-order valence-electron chi connectivity index (χ0n) is 7.32. The first kappa shape index (κ1) is 8.26. The lowest BCUT2D eigenvalue weighted by Crippen LogP contribution is -1.86. The third-order valence-corrected chi connectivity index (χ3v) is 2.95. The summed E-state index contributed by atoms with van der Waals surface area (Å²) in [5.74, 6) is 0. The number of hydrogen-bond acceptors (Lipinski definition) is 3. The van der Waals surface area contributed by atoms with Crippen molar-refractivity contribution in [3.63, 3.8) is 0 Å². The Kier molecular flexibility index (Phi) is 2.02. The van der Waals surface area contributed by atoms with Gasteiger partial charge >= 0.3 is 0 Å². The Morgan fingerprint density at radius 3 is 2.85 bits per heavy atom. The van der Waals surface area contributed by atoms with E-state index in [2.05, 4.69) is 23.4 Å². The topological polar surface area (TPSA) is 38.9 Å². The van der Waals surface area contributed by atoms with Crippen molar-refractivity contribution in [1.82, 2.24) is 4.98 Å². The van der Waals surface area contributed by atoms with Crippen LogP contribution >= 0.6 is 11.3 Å². The Bertz CT molecular complexity index is 420. The van der Waals surface area contributed by atoms with E-state index in [-0.39, 0.29) is 0 Å². The molecule has 0 aromatic carbocycles. The van der Waals surface area contributed by atoms with E-state index in [1.54, 1.807) is 17.5 Å². The van der Waals surface area contributed by atoms with Crippen molar-refractivity contribution in [2.24, 2.45) is 0 Å². The normalized spacial score (nSPS) is 10.2. The molecule has 2 N–H and O–H groups in total. The van der Waals surface area contributed by atoms with E-state index in [9.17, 15) is 0 Å². The number of anilines is 1. The van der Waals surface area contributed by atoms with E-state index in [4.69, 9.17) is 5.73 Å². The number of pyridine rings is 1. The Balaban J connectivity index is 2.53. The SMILES string of the molecule is Cc1ccsc1-c1cncc(N)c1. The molecule has 0 unspecified atom stereocenters. The lowest BCUT2D eigenvalue weighted by molar-refractivity contribution is 1.33. The van der Waals surface area contributed by atoms with Gasteiger partial charge in [0.1, 0.15) is 0 Å². The molecule has 0 fully saturated rings. The summed E-state index contributed by atoms with van der Waals surface area (Å²) in [4.78, 5) is 5.31. The molecule has 2 aromatic heterocycles. The summed E-state index contributed by atoms with van der Waals surface area (Å²) in [6, 6.07) is 4.05. The van der Waals surface area contributed by atoms with Crippen molar-refractivity contribution in [3.8, 4) is 10.4 Å². The Morgan fingerprint density at radius 2 is 2.23 bits per heavy atom. The molecular formula is C10H10N2S. The first-order chi connectivity index (χ1) is 6.27. The maximum absolute atomic E-state index is 5.66. The maximum Gasteiger partial charge on any atom is 0.0507 e. The summed E-state index contributed by atoms with van der Waals surface area (Å²) >= 11 is 1.72. The van der Waals surface area contributed by atoms with Gasteiger partial charge < -0.3 is 5.73 Å². The highest BCUT2D eigenvalue weighted by molar-refractivity contribution is 7.13. The zero-order valence-corrected chi connectivity index (χ0v) is 8.14. The van der Waals surface area contributed by atoms with Crippen LogP contribution in [0.4, 0.5) is 5.69 Å². The second-order valence-electron chi connectivity index (χ2n) is 2.94. The number of aromatic nitrogens is 1. The van der Waals surface area contributed by atoms with E-state index in [1.165, 1.54) is 10.4 Å². The number of nitrogens with zero attached hydrogens (tertiary/aromatic N) is 1. The molecule has 0 saturated carbocycles. The highest BCUT2D eigenvalue weighted by Gasteiger charge is 2.03. The van der Waals surface area contributed by atoms with Gasteiger partial charge in [0.25, 0.3) is 0 Å². The van der Waals surface area contributed by atoms with Gasteiger partial charge in [-0.25, -0.2) is 0 Å². The molecule has 0 spiro atoms. The van der Waals surface area contributed by atoms with E-state index >= 15 is 0 Å². The Morgan fingerprint density at radius 1 is 1.38 bits per heavy atom. The number of aryl methyl sites for hydroxylation is 1. The van der Waals surface area contributed by atoms with E-state index in [1.807, 2.05) is 12.3 Å². The van der Waals surface area contributed by atoms with Crippen LogP contribution in [0.3, 0.4) is 0 Å². The molecule has 66 valence electrons. The van der Waals surface area contributed by atoms with Crippen LogP contribution in [0.25, 0.3) is 10.4 Å². The minimum Gasteiger partial charge on any atom is -0.397 e. The van der Waals surface area contributed by atoms with Crippen molar-refractivity contribution < 1.29 is 0 Å². The molecular weight excluding hydrogens is 180 g/mol. The fourth-order valence-electron chi connectivity index (χ4n) is 1.25. The molecule has 0 saturated heterocycles. The lowest BCUT2D eigenvalue weighted by Gasteiger charge is -1.99. The van der Waals surface area contributed by atoms with E-state index in [0.717, 1.165) is 5.56 Å². The predicted molar refractivity (Wildman–Crippen MR) is 56.7 cm³/mol. The summed E-state index contributed by atoms with van der Waals surface area (Å²) < 4.78 is 0. The quantitative estimate of drug-likeness (QED) is 0.751. The van der Waals surface area contributed by atoms with Crippen LogP contribution < -0.4 is 5.73 Å². The van der Waals surface area contributed by atoms with Gasteiger partial charge in [0.15, 0.2) is 0 Å². The van der Waals surface area contributed by atoms with Gasteiger partial charge in [0.05, 0.1) is 5.69 Å². The summed E-state index contributed by atoms with van der Waals surface area (Å²) in [6.45, 7) is 2.09. The van der Waals surface area contributed by atoms with Gasteiger partial charge in [0, 0.05) is 22.8 Å². The van der Waals surface area contributed by atoms with Gasteiger partial charge in [-0.3, -0.25) is 4.98 Å². The molecule has 2 nitrogen and oxygen atoms in total. The summed E-state index contributed by atoms with van der Waals surface area (Å²) in [7, 11) is 0. The van der Waals surface area contributed by atoms with E-state index in [0.29, 0.717) is 5.69 Å². The van der Waals surface area contributed by atoms with Gasteiger partial charge in [-0.2, -0.15) is 0 Å². The summed E-state index contributed by atoms with van der Waals surface area (Å²) in [5.41, 5.74) is 8.75. The molecule has 2 aromatic rings. The molecule has 0 bridgehead atoms. The molecule has 2 heterocycles. The summed E-state index contributed by atoms with van der Waals surface area (Å²) in [5, 5.41) is 2.08. The third kappa shape index (κ3) is 1.55. The van der Waals surface area contributed by atoms with Crippen molar-refractivity contribution in [2.45, 2.75) is 6.92 Å². The van der Waals surface area contributed by atoms with Crippen LogP contribution in [-0.4, -0.2) is 4.98 Å². The first-order valence-corrected chi connectivity index (χ1v) is 4.90. The minimum atomic E-state index is 0.713. The van der Waals surface area contributed by atoms with Crippen LogP contribution in [0.15, 0.2) is 29.9 Å². The van der Waals surface area contributed by atoms with Gasteiger partial charge in [-0.1, -0.05) is 0 Å². The lowest BCUT2D eigenvalue weighted by atomic mass is 10.1. The van der Waals surface area contributed by atoms with Crippen LogP contribution in [-0.2, 0) is 0 Å². The average Bonchev–Trinajstić information content (AvgIpc) is 2.51. The second-order valence-corrected chi connectivity index (χ2v) is 3.86. The molecule has 0 aliphatic carbocycles. The van der Waals surface area contributed by atoms with E-state index < -0.39 is 0 Å². The third-order valence-electron chi connectivity index (χ3n) is 1.88. The molecule has 13 heavy (non-hydrogen) atoms. The van der Waals surface area contributed by atoms with Crippen LogP contribution in [0.1, 0.15) is 5.56 Å².